The molecule has 1 aliphatic carbocycles. The standard InChI is InChI=1S/C26H26F3NO3S2/c1-3-34-12-10-33-25(32)22-15(2)30-19-13-17(21-5-4-11-35-21)14-20(31)24(19)23(22)16-6-8-18(9-7-16)26(27,28)29/h4-9,11,17,23,30H,3,10,12-14H2,1-2H3. The monoisotopic (exact) mass is 521 g/mol. The molecule has 186 valence electrons. The second kappa shape index (κ2) is 10.6. The Labute approximate surface area is 210 Å². The summed E-state index contributed by atoms with van der Waals surface area (Å²) >= 11 is 3.23. The molecule has 35 heavy (non-hydrogen) atoms. The van der Waals surface area contributed by atoms with E-state index in [0.717, 1.165) is 28.5 Å². The van der Waals surface area contributed by atoms with E-state index in [1.54, 1.807) is 30.0 Å². The maximum Gasteiger partial charge on any atom is 0.416 e. The summed E-state index contributed by atoms with van der Waals surface area (Å²) in [6.07, 6.45) is -3.60. The summed E-state index contributed by atoms with van der Waals surface area (Å²) in [4.78, 5) is 27.7. The molecule has 1 aromatic heterocycles. The number of Topliss-reactive ketones (excluding diaryl/α,β-unsaturated/α-hetero) is 1. The minimum atomic E-state index is -4.48. The smallest absolute Gasteiger partial charge is 0.416 e. The lowest BCUT2D eigenvalue weighted by Gasteiger charge is -2.36. The molecule has 0 saturated carbocycles. The maximum absolute atomic E-state index is 13.5. The topological polar surface area (TPSA) is 55.4 Å². The molecule has 2 aliphatic rings. The molecule has 2 aromatic rings. The number of thioether (sulfide) groups is 1. The van der Waals surface area contributed by atoms with E-state index >= 15 is 0 Å². The molecule has 0 saturated heterocycles. The van der Waals surface area contributed by atoms with E-state index in [9.17, 15) is 22.8 Å². The number of thiophene rings is 1. The van der Waals surface area contributed by atoms with Crippen LogP contribution in [-0.4, -0.2) is 29.9 Å². The van der Waals surface area contributed by atoms with Crippen molar-refractivity contribution < 1.29 is 27.5 Å². The normalized spacial score (nSPS) is 20.5. The SMILES string of the molecule is CCSCCOC(=O)C1=C(C)NC2=C(C(=O)CC(c3cccs3)C2)C1c1ccc(C(F)(F)F)cc1. The van der Waals surface area contributed by atoms with Crippen molar-refractivity contribution in [3.63, 3.8) is 0 Å². The van der Waals surface area contributed by atoms with Gasteiger partial charge < -0.3 is 10.1 Å². The second-order valence-electron chi connectivity index (χ2n) is 8.49. The summed E-state index contributed by atoms with van der Waals surface area (Å²) in [5.41, 5.74) is 1.68. The lowest BCUT2D eigenvalue weighted by atomic mass is 9.72. The van der Waals surface area contributed by atoms with Gasteiger partial charge in [0.25, 0.3) is 0 Å². The fourth-order valence-electron chi connectivity index (χ4n) is 4.65. The summed E-state index contributed by atoms with van der Waals surface area (Å²) in [6, 6.07) is 8.66. The Hall–Kier alpha value is -2.52. The summed E-state index contributed by atoms with van der Waals surface area (Å²) in [6.45, 7) is 3.97. The van der Waals surface area contributed by atoms with Crippen LogP contribution in [0.1, 0.15) is 54.5 Å². The molecule has 4 nitrogen and oxygen atoms in total. The zero-order valence-corrected chi connectivity index (χ0v) is 21.0. The molecular weight excluding hydrogens is 495 g/mol. The van der Waals surface area contributed by atoms with Crippen molar-refractivity contribution in [2.24, 2.45) is 0 Å². The Bertz CT molecular complexity index is 1150. The minimum Gasteiger partial charge on any atom is -0.461 e. The number of allylic oxidation sites excluding steroid dienone is 3. The number of halogens is 3. The molecule has 0 radical (unpaired) electrons. The largest absolute Gasteiger partial charge is 0.461 e. The first-order chi connectivity index (χ1) is 16.7. The number of carbonyl (C=O) groups excluding carboxylic acids is 2. The van der Waals surface area contributed by atoms with Crippen molar-refractivity contribution in [1.29, 1.82) is 0 Å². The van der Waals surface area contributed by atoms with Gasteiger partial charge >= 0.3 is 12.1 Å². The van der Waals surface area contributed by atoms with E-state index in [0.29, 0.717) is 29.0 Å². The highest BCUT2D eigenvalue weighted by Crippen LogP contribution is 2.46. The van der Waals surface area contributed by atoms with E-state index < -0.39 is 23.6 Å². The molecule has 2 atom stereocenters. The van der Waals surface area contributed by atoms with Crippen LogP contribution in [0.5, 0.6) is 0 Å². The van der Waals surface area contributed by atoms with Gasteiger partial charge in [0.15, 0.2) is 5.78 Å². The third-order valence-electron chi connectivity index (χ3n) is 6.23. The molecule has 1 aliphatic heterocycles. The van der Waals surface area contributed by atoms with Crippen molar-refractivity contribution in [2.45, 2.75) is 44.7 Å². The van der Waals surface area contributed by atoms with Gasteiger partial charge in [-0.05, 0) is 48.2 Å². The van der Waals surface area contributed by atoms with Gasteiger partial charge in [0.05, 0.1) is 11.1 Å². The number of alkyl halides is 3. The van der Waals surface area contributed by atoms with Gasteiger partial charge in [-0.15, -0.1) is 11.3 Å². The molecular formula is C26H26F3NO3S2. The summed E-state index contributed by atoms with van der Waals surface area (Å²) in [7, 11) is 0. The maximum atomic E-state index is 13.5. The molecule has 9 heteroatoms. The molecule has 2 heterocycles. The summed E-state index contributed by atoms with van der Waals surface area (Å²) < 4.78 is 45.1. The minimum absolute atomic E-state index is 0.0226. The molecule has 0 amide bonds. The van der Waals surface area contributed by atoms with E-state index in [1.165, 1.54) is 12.1 Å². The van der Waals surface area contributed by atoms with Crippen LogP contribution in [-0.2, 0) is 20.5 Å². The first kappa shape index (κ1) is 25.6. The van der Waals surface area contributed by atoms with Crippen LogP contribution < -0.4 is 5.32 Å². The van der Waals surface area contributed by atoms with Gasteiger partial charge in [0.1, 0.15) is 6.61 Å². The number of nitrogens with one attached hydrogen (secondary N) is 1. The van der Waals surface area contributed by atoms with Gasteiger partial charge in [0.2, 0.25) is 0 Å². The van der Waals surface area contributed by atoms with Gasteiger partial charge in [-0.25, -0.2) is 4.79 Å². The predicted molar refractivity (Wildman–Crippen MR) is 132 cm³/mol. The molecule has 0 bridgehead atoms. The lowest BCUT2D eigenvalue weighted by molar-refractivity contribution is -0.139. The zero-order chi connectivity index (χ0) is 25.2. The van der Waals surface area contributed by atoms with E-state index in [-0.39, 0.29) is 30.3 Å². The van der Waals surface area contributed by atoms with E-state index in [4.69, 9.17) is 4.74 Å². The molecule has 2 unspecified atom stereocenters. The molecule has 0 fully saturated rings. The van der Waals surface area contributed by atoms with Crippen LogP contribution in [0.3, 0.4) is 0 Å². The third kappa shape index (κ3) is 5.51. The number of ketones is 1. The number of hydrogen-bond acceptors (Lipinski definition) is 6. The average molecular weight is 522 g/mol. The Kier molecular flexibility index (Phi) is 7.76. The number of rotatable bonds is 7. The summed E-state index contributed by atoms with van der Waals surface area (Å²) in [5, 5.41) is 5.24. The first-order valence-corrected chi connectivity index (χ1v) is 13.4. The predicted octanol–water partition coefficient (Wildman–Crippen LogP) is 6.42. The Balaban J connectivity index is 1.73. The third-order valence-corrected chi connectivity index (χ3v) is 8.13. The fourth-order valence-corrected chi connectivity index (χ4v) is 5.97. The average Bonchev–Trinajstić information content (AvgIpc) is 3.35. The van der Waals surface area contributed by atoms with Gasteiger partial charge in [-0.1, -0.05) is 25.1 Å². The first-order valence-electron chi connectivity index (χ1n) is 11.4. The van der Waals surface area contributed by atoms with Crippen LogP contribution in [0.4, 0.5) is 13.2 Å². The van der Waals surface area contributed by atoms with Crippen molar-refractivity contribution in [3.8, 4) is 0 Å². The zero-order valence-electron chi connectivity index (χ0n) is 19.4. The quantitative estimate of drug-likeness (QED) is 0.336. The lowest BCUT2D eigenvalue weighted by Crippen LogP contribution is -2.36. The highest BCUT2D eigenvalue weighted by atomic mass is 32.2. The highest BCUT2D eigenvalue weighted by Gasteiger charge is 2.42. The molecule has 4 rings (SSSR count). The Morgan fingerprint density at radius 3 is 2.57 bits per heavy atom. The number of esters is 1. The van der Waals surface area contributed by atoms with Crippen LogP contribution in [0, 0.1) is 0 Å². The Morgan fingerprint density at radius 1 is 1.20 bits per heavy atom. The number of hydrogen-bond donors (Lipinski definition) is 1. The number of carbonyl (C=O) groups is 2. The molecule has 1 N–H and O–H groups in total. The number of benzene rings is 1. The van der Waals surface area contributed by atoms with Crippen molar-refractivity contribution in [3.05, 3.63) is 80.3 Å². The van der Waals surface area contributed by atoms with Gasteiger partial charge in [0, 0.05) is 45.9 Å². The van der Waals surface area contributed by atoms with Crippen molar-refractivity contribution >= 4 is 34.9 Å². The number of dihydropyridines is 1. The fraction of sp³-hybridized carbons (Fsp3) is 0.385. The van der Waals surface area contributed by atoms with Gasteiger partial charge in [-0.2, -0.15) is 24.9 Å². The summed E-state index contributed by atoms with van der Waals surface area (Å²) in [5.74, 6) is 0.108. The number of ether oxygens (including phenoxy) is 1. The second-order valence-corrected chi connectivity index (χ2v) is 10.9. The van der Waals surface area contributed by atoms with Gasteiger partial charge in [-0.3, -0.25) is 4.79 Å². The van der Waals surface area contributed by atoms with Crippen molar-refractivity contribution in [2.75, 3.05) is 18.1 Å². The highest BCUT2D eigenvalue weighted by molar-refractivity contribution is 7.99. The molecule has 0 spiro atoms. The molecule has 1 aromatic carbocycles. The van der Waals surface area contributed by atoms with Crippen molar-refractivity contribution in [1.82, 2.24) is 5.32 Å². The van der Waals surface area contributed by atoms with E-state index in [1.807, 2.05) is 24.4 Å². The van der Waals surface area contributed by atoms with E-state index in [2.05, 4.69) is 5.32 Å². The van der Waals surface area contributed by atoms with Crippen LogP contribution >= 0.6 is 23.1 Å². The van der Waals surface area contributed by atoms with Crippen LogP contribution in [0.25, 0.3) is 0 Å². The van der Waals surface area contributed by atoms with Crippen LogP contribution in [0.15, 0.2) is 64.3 Å². The Morgan fingerprint density at radius 2 is 1.94 bits per heavy atom. The van der Waals surface area contributed by atoms with Crippen LogP contribution in [0.2, 0.25) is 0 Å².